The van der Waals surface area contributed by atoms with E-state index in [-0.39, 0.29) is 23.9 Å². The second-order valence-corrected chi connectivity index (χ2v) is 6.85. The van der Waals surface area contributed by atoms with Gasteiger partial charge in [-0.05, 0) is 24.8 Å². The zero-order valence-electron chi connectivity index (χ0n) is 15.4. The third-order valence-electron chi connectivity index (χ3n) is 4.62. The van der Waals surface area contributed by atoms with Crippen LogP contribution in [0.1, 0.15) is 56.1 Å². The van der Waals surface area contributed by atoms with Crippen LogP contribution in [0.5, 0.6) is 0 Å². The third-order valence-corrected chi connectivity index (χ3v) is 4.62. The monoisotopic (exact) mass is 362 g/mol. The van der Waals surface area contributed by atoms with Gasteiger partial charge >= 0.3 is 6.03 Å². The lowest BCUT2D eigenvalue weighted by Crippen LogP contribution is -2.42. The first-order chi connectivity index (χ1) is 12.5. The highest BCUT2D eigenvalue weighted by molar-refractivity contribution is 5.74. The van der Waals surface area contributed by atoms with Crippen molar-refractivity contribution < 1.29 is 14.1 Å². The van der Waals surface area contributed by atoms with Crippen LogP contribution in [0.2, 0.25) is 0 Å². The number of carbonyl (C=O) groups is 1. The summed E-state index contributed by atoms with van der Waals surface area (Å²) < 4.78 is 12.6. The molecule has 9 heteroatoms. The van der Waals surface area contributed by atoms with E-state index in [1.54, 1.807) is 10.9 Å². The first kappa shape index (κ1) is 18.4. The predicted molar refractivity (Wildman–Crippen MR) is 93.3 cm³/mol. The molecular weight excluding hydrogens is 336 g/mol. The van der Waals surface area contributed by atoms with Crippen molar-refractivity contribution >= 4 is 6.03 Å². The van der Waals surface area contributed by atoms with Crippen molar-refractivity contribution in [3.05, 3.63) is 29.7 Å². The molecule has 1 saturated heterocycles. The molecule has 3 rings (SSSR count). The average Bonchev–Trinajstić information content (AvgIpc) is 3.28. The molecule has 9 nitrogen and oxygen atoms in total. The Balaban J connectivity index is 1.68. The molecule has 1 aliphatic heterocycles. The molecule has 1 atom stereocenters. The maximum Gasteiger partial charge on any atom is 0.315 e. The Labute approximate surface area is 152 Å². The van der Waals surface area contributed by atoms with Crippen molar-refractivity contribution in [3.63, 3.8) is 0 Å². The van der Waals surface area contributed by atoms with Gasteiger partial charge in [0.05, 0.1) is 12.2 Å². The average molecular weight is 362 g/mol. The standard InChI is InChI=1S/C17H26N6O3/c1-11(2)15-21-16(26-22-15)14(12-5-8-25-9-6-12)20-17(24)18-10-13-4-7-19-23(13)3/h4,7,11-12,14H,5-6,8-10H2,1-3H3,(H2,18,20,24). The van der Waals surface area contributed by atoms with E-state index in [2.05, 4.69) is 25.9 Å². The Morgan fingerprint density at radius 2 is 2.15 bits per heavy atom. The van der Waals surface area contributed by atoms with Crippen LogP contribution in [0.4, 0.5) is 4.79 Å². The number of aromatic nitrogens is 4. The number of aryl methyl sites for hydroxylation is 1. The Morgan fingerprint density at radius 1 is 1.38 bits per heavy atom. The Kier molecular flexibility index (Phi) is 5.87. The summed E-state index contributed by atoms with van der Waals surface area (Å²) >= 11 is 0. The molecule has 2 N–H and O–H groups in total. The highest BCUT2D eigenvalue weighted by atomic mass is 16.5. The van der Waals surface area contributed by atoms with Gasteiger partial charge in [0, 0.05) is 32.4 Å². The second kappa shape index (κ2) is 8.31. The van der Waals surface area contributed by atoms with Crippen molar-refractivity contribution in [3.8, 4) is 0 Å². The lowest BCUT2D eigenvalue weighted by Gasteiger charge is -2.28. The minimum absolute atomic E-state index is 0.168. The highest BCUT2D eigenvalue weighted by Crippen LogP contribution is 2.29. The van der Waals surface area contributed by atoms with Crippen molar-refractivity contribution in [2.45, 2.75) is 45.2 Å². The summed E-state index contributed by atoms with van der Waals surface area (Å²) in [5.41, 5.74) is 0.919. The molecule has 1 aliphatic rings. The van der Waals surface area contributed by atoms with Crippen LogP contribution in [0, 0.1) is 5.92 Å². The molecule has 3 heterocycles. The van der Waals surface area contributed by atoms with E-state index in [0.717, 1.165) is 18.5 Å². The van der Waals surface area contributed by atoms with Gasteiger partial charge in [0.2, 0.25) is 5.89 Å². The van der Waals surface area contributed by atoms with Crippen molar-refractivity contribution in [1.29, 1.82) is 0 Å². The number of carbonyl (C=O) groups excluding carboxylic acids is 1. The lowest BCUT2D eigenvalue weighted by molar-refractivity contribution is 0.0503. The molecule has 0 radical (unpaired) electrons. The van der Waals surface area contributed by atoms with Gasteiger partial charge in [-0.25, -0.2) is 4.79 Å². The van der Waals surface area contributed by atoms with Crippen LogP contribution < -0.4 is 10.6 Å². The summed E-state index contributed by atoms with van der Waals surface area (Å²) in [6.45, 7) is 5.75. The number of hydrogen-bond acceptors (Lipinski definition) is 6. The largest absolute Gasteiger partial charge is 0.381 e. The third kappa shape index (κ3) is 4.40. The summed E-state index contributed by atoms with van der Waals surface area (Å²) in [6.07, 6.45) is 3.38. The van der Waals surface area contributed by atoms with E-state index in [4.69, 9.17) is 9.26 Å². The number of nitrogens with zero attached hydrogens (tertiary/aromatic N) is 4. The molecule has 0 aliphatic carbocycles. The minimum Gasteiger partial charge on any atom is -0.381 e. The van der Waals surface area contributed by atoms with E-state index in [1.165, 1.54) is 0 Å². The zero-order valence-corrected chi connectivity index (χ0v) is 15.4. The molecule has 142 valence electrons. The fraction of sp³-hybridized carbons (Fsp3) is 0.647. The van der Waals surface area contributed by atoms with Crippen LogP contribution >= 0.6 is 0 Å². The Hall–Kier alpha value is -2.42. The van der Waals surface area contributed by atoms with Gasteiger partial charge in [-0.15, -0.1) is 0 Å². The van der Waals surface area contributed by atoms with E-state index >= 15 is 0 Å². The van der Waals surface area contributed by atoms with E-state index in [9.17, 15) is 4.79 Å². The number of urea groups is 1. The summed E-state index contributed by atoms with van der Waals surface area (Å²) in [5, 5.41) is 14.0. The minimum atomic E-state index is -0.328. The van der Waals surface area contributed by atoms with Gasteiger partial charge in [-0.3, -0.25) is 4.68 Å². The Bertz CT molecular complexity index is 720. The first-order valence-electron chi connectivity index (χ1n) is 8.97. The summed E-state index contributed by atoms with van der Waals surface area (Å²) in [4.78, 5) is 16.9. The summed E-state index contributed by atoms with van der Waals surface area (Å²) in [7, 11) is 1.84. The SMILES string of the molecule is CC(C)c1noc(C(NC(=O)NCc2ccnn2C)C2CCOCC2)n1. The van der Waals surface area contributed by atoms with Crippen LogP contribution in [0.3, 0.4) is 0 Å². The number of rotatable bonds is 6. The summed E-state index contributed by atoms with van der Waals surface area (Å²) in [5.74, 6) is 1.47. The Morgan fingerprint density at radius 3 is 2.77 bits per heavy atom. The van der Waals surface area contributed by atoms with Crippen LogP contribution in [-0.4, -0.2) is 39.2 Å². The maximum atomic E-state index is 12.4. The molecule has 2 amide bonds. The van der Waals surface area contributed by atoms with Gasteiger partial charge < -0.3 is 19.9 Å². The van der Waals surface area contributed by atoms with E-state index in [1.807, 2.05) is 27.0 Å². The van der Waals surface area contributed by atoms with Gasteiger partial charge in [-0.2, -0.15) is 10.1 Å². The van der Waals surface area contributed by atoms with E-state index < -0.39 is 0 Å². The van der Waals surface area contributed by atoms with Crippen molar-refractivity contribution in [1.82, 2.24) is 30.6 Å². The normalized spacial score (nSPS) is 16.6. The van der Waals surface area contributed by atoms with Crippen LogP contribution in [-0.2, 0) is 18.3 Å². The lowest BCUT2D eigenvalue weighted by atomic mass is 9.91. The number of nitrogens with one attached hydrogen (secondary N) is 2. The van der Waals surface area contributed by atoms with E-state index in [0.29, 0.717) is 31.5 Å². The fourth-order valence-corrected chi connectivity index (χ4v) is 2.98. The smallest absolute Gasteiger partial charge is 0.315 e. The molecule has 0 bridgehead atoms. The fourth-order valence-electron chi connectivity index (χ4n) is 2.98. The van der Waals surface area contributed by atoms with Crippen LogP contribution in [0.25, 0.3) is 0 Å². The molecule has 0 spiro atoms. The first-order valence-corrected chi connectivity index (χ1v) is 8.97. The maximum absolute atomic E-state index is 12.4. The molecule has 1 fully saturated rings. The second-order valence-electron chi connectivity index (χ2n) is 6.85. The quantitative estimate of drug-likeness (QED) is 0.813. The molecule has 0 aromatic carbocycles. The van der Waals surface area contributed by atoms with Crippen LogP contribution in [0.15, 0.2) is 16.8 Å². The number of amides is 2. The molecule has 26 heavy (non-hydrogen) atoms. The van der Waals surface area contributed by atoms with Gasteiger partial charge in [0.15, 0.2) is 5.82 Å². The van der Waals surface area contributed by atoms with Crippen molar-refractivity contribution in [2.75, 3.05) is 13.2 Å². The molecule has 2 aromatic rings. The highest BCUT2D eigenvalue weighted by Gasteiger charge is 2.31. The molecular formula is C17H26N6O3. The van der Waals surface area contributed by atoms with Gasteiger partial charge in [0.25, 0.3) is 0 Å². The molecule has 0 saturated carbocycles. The molecule has 2 aromatic heterocycles. The van der Waals surface area contributed by atoms with Crippen molar-refractivity contribution in [2.24, 2.45) is 13.0 Å². The zero-order chi connectivity index (χ0) is 18.5. The predicted octanol–water partition coefficient (Wildman–Crippen LogP) is 1.89. The number of ether oxygens (including phenoxy) is 1. The van der Waals surface area contributed by atoms with Gasteiger partial charge in [-0.1, -0.05) is 19.0 Å². The summed E-state index contributed by atoms with van der Waals surface area (Å²) in [6, 6.07) is 1.26. The number of hydrogen-bond donors (Lipinski definition) is 2. The topological polar surface area (TPSA) is 107 Å². The molecule has 1 unspecified atom stereocenters. The van der Waals surface area contributed by atoms with Gasteiger partial charge in [0.1, 0.15) is 6.04 Å².